The molecule has 2 aromatic carbocycles. The Morgan fingerprint density at radius 3 is 2.73 bits per heavy atom. The fourth-order valence-electron chi connectivity index (χ4n) is 2.68. The van der Waals surface area contributed by atoms with E-state index in [9.17, 15) is 0 Å². The molecule has 1 heterocycles. The van der Waals surface area contributed by atoms with Crippen molar-refractivity contribution in [2.75, 3.05) is 12.0 Å². The SMILES string of the molecule is CCCCCCCOc1ccccc1/C=N\Nc1nc2ccccc2s1. The van der Waals surface area contributed by atoms with Crippen LogP contribution in [0, 0.1) is 0 Å². The Kier molecular flexibility index (Phi) is 7.02. The minimum absolute atomic E-state index is 0.750. The number of hydrogen-bond donors (Lipinski definition) is 1. The Hall–Kier alpha value is -2.40. The summed E-state index contributed by atoms with van der Waals surface area (Å²) in [5, 5.41) is 5.12. The van der Waals surface area contributed by atoms with Gasteiger partial charge in [0.2, 0.25) is 5.13 Å². The molecule has 0 aliphatic heterocycles. The van der Waals surface area contributed by atoms with Crippen molar-refractivity contribution in [2.45, 2.75) is 39.0 Å². The van der Waals surface area contributed by atoms with Gasteiger partial charge in [0, 0.05) is 5.56 Å². The molecular formula is C21H25N3OS. The summed E-state index contributed by atoms with van der Waals surface area (Å²) in [6.07, 6.45) is 7.97. The first kappa shape index (κ1) is 18.4. The number of ether oxygens (including phenoxy) is 1. The van der Waals surface area contributed by atoms with Gasteiger partial charge in [0.1, 0.15) is 5.75 Å². The highest BCUT2D eigenvalue weighted by atomic mass is 32.1. The lowest BCUT2D eigenvalue weighted by atomic mass is 10.2. The van der Waals surface area contributed by atoms with Gasteiger partial charge in [0.15, 0.2) is 0 Å². The van der Waals surface area contributed by atoms with Gasteiger partial charge in [-0.2, -0.15) is 5.10 Å². The van der Waals surface area contributed by atoms with Crippen LogP contribution in [0.25, 0.3) is 10.2 Å². The first-order valence-electron chi connectivity index (χ1n) is 9.23. The standard InChI is InChI=1S/C21H25N3OS/c1-2-3-4-5-10-15-25-19-13-8-6-11-17(19)16-22-24-21-23-18-12-7-9-14-20(18)26-21/h6-9,11-14,16H,2-5,10,15H2,1H3,(H,23,24)/b22-16-. The van der Waals surface area contributed by atoms with Crippen molar-refractivity contribution in [2.24, 2.45) is 5.10 Å². The molecule has 0 unspecified atom stereocenters. The van der Waals surface area contributed by atoms with Crippen molar-refractivity contribution < 1.29 is 4.74 Å². The number of aromatic nitrogens is 1. The van der Waals surface area contributed by atoms with Gasteiger partial charge in [0.05, 0.1) is 23.0 Å². The van der Waals surface area contributed by atoms with Crippen LogP contribution in [0.15, 0.2) is 53.6 Å². The summed E-state index contributed by atoms with van der Waals surface area (Å²) in [5.74, 6) is 0.873. The number of benzene rings is 2. The predicted octanol–water partition coefficient (Wildman–Crippen LogP) is 6.09. The van der Waals surface area contributed by atoms with Gasteiger partial charge in [0.25, 0.3) is 0 Å². The third kappa shape index (κ3) is 5.30. The fourth-order valence-corrected chi connectivity index (χ4v) is 3.50. The van der Waals surface area contributed by atoms with Gasteiger partial charge in [-0.3, -0.25) is 5.43 Å². The van der Waals surface area contributed by atoms with Gasteiger partial charge in [-0.05, 0) is 30.7 Å². The van der Waals surface area contributed by atoms with E-state index in [1.54, 1.807) is 17.6 Å². The lowest BCUT2D eigenvalue weighted by molar-refractivity contribution is 0.304. The molecule has 0 aliphatic rings. The molecule has 3 rings (SSSR count). The maximum absolute atomic E-state index is 5.94. The highest BCUT2D eigenvalue weighted by molar-refractivity contribution is 7.22. The molecule has 5 heteroatoms. The second kappa shape index (κ2) is 9.92. The van der Waals surface area contributed by atoms with E-state index in [0.29, 0.717) is 0 Å². The summed E-state index contributed by atoms with van der Waals surface area (Å²) in [6, 6.07) is 16.1. The number of thiazole rings is 1. The molecule has 0 amide bonds. The normalized spacial score (nSPS) is 11.3. The highest BCUT2D eigenvalue weighted by Gasteiger charge is 2.03. The van der Waals surface area contributed by atoms with Crippen LogP contribution in [-0.2, 0) is 0 Å². The Morgan fingerprint density at radius 1 is 1.04 bits per heavy atom. The molecule has 0 radical (unpaired) electrons. The van der Waals surface area contributed by atoms with Gasteiger partial charge >= 0.3 is 0 Å². The molecule has 0 spiro atoms. The van der Waals surface area contributed by atoms with Gasteiger partial charge in [-0.25, -0.2) is 4.98 Å². The Labute approximate surface area is 158 Å². The molecule has 0 bridgehead atoms. The number of hydrazone groups is 1. The van der Waals surface area contributed by atoms with E-state index in [1.807, 2.05) is 42.5 Å². The van der Waals surface area contributed by atoms with Crippen molar-refractivity contribution in [3.05, 3.63) is 54.1 Å². The fraction of sp³-hybridized carbons (Fsp3) is 0.333. The number of unbranched alkanes of at least 4 members (excludes halogenated alkanes) is 4. The predicted molar refractivity (Wildman–Crippen MR) is 112 cm³/mol. The minimum atomic E-state index is 0.750. The molecule has 0 atom stereocenters. The number of para-hydroxylation sites is 2. The van der Waals surface area contributed by atoms with Gasteiger partial charge < -0.3 is 4.74 Å². The van der Waals surface area contributed by atoms with Crippen LogP contribution in [0.5, 0.6) is 5.75 Å². The number of nitrogens with one attached hydrogen (secondary N) is 1. The second-order valence-corrected chi connectivity index (χ2v) is 7.19. The second-order valence-electron chi connectivity index (χ2n) is 6.16. The number of hydrogen-bond acceptors (Lipinski definition) is 5. The minimum Gasteiger partial charge on any atom is -0.493 e. The van der Waals surface area contributed by atoms with E-state index < -0.39 is 0 Å². The van der Waals surface area contributed by atoms with Crippen LogP contribution in [0.3, 0.4) is 0 Å². The Morgan fingerprint density at radius 2 is 1.85 bits per heavy atom. The number of nitrogens with zero attached hydrogens (tertiary/aromatic N) is 2. The van der Waals surface area contributed by atoms with Crippen LogP contribution in [0.4, 0.5) is 5.13 Å². The summed E-state index contributed by atoms with van der Waals surface area (Å²) < 4.78 is 7.09. The third-order valence-corrected chi connectivity index (χ3v) is 5.02. The number of rotatable bonds is 10. The third-order valence-electron chi connectivity index (χ3n) is 4.08. The van der Waals surface area contributed by atoms with E-state index >= 15 is 0 Å². The average Bonchev–Trinajstić information content (AvgIpc) is 3.08. The largest absolute Gasteiger partial charge is 0.493 e. The molecule has 1 N–H and O–H groups in total. The monoisotopic (exact) mass is 367 g/mol. The van der Waals surface area contributed by atoms with Crippen LogP contribution in [0.1, 0.15) is 44.6 Å². The number of anilines is 1. The number of fused-ring (bicyclic) bond motifs is 1. The summed E-state index contributed by atoms with van der Waals surface area (Å²) in [7, 11) is 0. The van der Waals surface area contributed by atoms with Crippen molar-refractivity contribution in [3.8, 4) is 5.75 Å². The maximum Gasteiger partial charge on any atom is 0.204 e. The zero-order chi connectivity index (χ0) is 18.0. The van der Waals surface area contributed by atoms with Crippen molar-refractivity contribution in [1.29, 1.82) is 0 Å². The zero-order valence-electron chi connectivity index (χ0n) is 15.1. The van der Waals surface area contributed by atoms with Crippen molar-refractivity contribution in [3.63, 3.8) is 0 Å². The van der Waals surface area contributed by atoms with E-state index in [0.717, 1.165) is 39.7 Å². The van der Waals surface area contributed by atoms with Crippen molar-refractivity contribution in [1.82, 2.24) is 4.98 Å². The van der Waals surface area contributed by atoms with Crippen LogP contribution >= 0.6 is 11.3 Å². The molecule has 0 saturated carbocycles. The molecular weight excluding hydrogens is 342 g/mol. The van der Waals surface area contributed by atoms with Crippen molar-refractivity contribution >= 4 is 32.9 Å². The molecule has 136 valence electrons. The van der Waals surface area contributed by atoms with E-state index in [1.165, 1.54) is 25.7 Å². The lowest BCUT2D eigenvalue weighted by Crippen LogP contribution is -2.00. The summed E-state index contributed by atoms with van der Waals surface area (Å²) in [5.41, 5.74) is 4.98. The molecule has 0 aliphatic carbocycles. The maximum atomic E-state index is 5.94. The topological polar surface area (TPSA) is 46.5 Å². The molecule has 0 fully saturated rings. The molecule has 1 aromatic heterocycles. The summed E-state index contributed by atoms with van der Waals surface area (Å²) in [6.45, 7) is 2.98. The molecule has 3 aromatic rings. The van der Waals surface area contributed by atoms with E-state index in [-0.39, 0.29) is 0 Å². The first-order valence-corrected chi connectivity index (χ1v) is 10.0. The summed E-state index contributed by atoms with van der Waals surface area (Å²) in [4.78, 5) is 4.51. The molecule has 0 saturated heterocycles. The Bertz CT molecular complexity index is 811. The van der Waals surface area contributed by atoms with Gasteiger partial charge in [-0.15, -0.1) is 0 Å². The molecule has 26 heavy (non-hydrogen) atoms. The smallest absolute Gasteiger partial charge is 0.204 e. The lowest BCUT2D eigenvalue weighted by Gasteiger charge is -2.08. The van der Waals surface area contributed by atoms with Crippen LogP contribution < -0.4 is 10.2 Å². The first-order chi connectivity index (χ1) is 12.9. The van der Waals surface area contributed by atoms with E-state index in [2.05, 4.69) is 28.5 Å². The van der Waals surface area contributed by atoms with Crippen LogP contribution in [0.2, 0.25) is 0 Å². The zero-order valence-corrected chi connectivity index (χ0v) is 16.0. The Balaban J connectivity index is 1.54. The quantitative estimate of drug-likeness (QED) is 0.268. The van der Waals surface area contributed by atoms with E-state index in [4.69, 9.17) is 4.74 Å². The summed E-state index contributed by atoms with van der Waals surface area (Å²) >= 11 is 1.59. The highest BCUT2D eigenvalue weighted by Crippen LogP contribution is 2.25. The van der Waals surface area contributed by atoms with Crippen LogP contribution in [-0.4, -0.2) is 17.8 Å². The average molecular weight is 368 g/mol. The molecule has 4 nitrogen and oxygen atoms in total. The van der Waals surface area contributed by atoms with Gasteiger partial charge in [-0.1, -0.05) is 68.2 Å².